The summed E-state index contributed by atoms with van der Waals surface area (Å²) in [6, 6.07) is 17.3. The highest BCUT2D eigenvalue weighted by molar-refractivity contribution is 5.74. The lowest BCUT2D eigenvalue weighted by atomic mass is 10.1. The first kappa shape index (κ1) is 18.2. The molecule has 0 saturated carbocycles. The summed E-state index contributed by atoms with van der Waals surface area (Å²) >= 11 is 0. The zero-order valence-corrected chi connectivity index (χ0v) is 14.1. The van der Waals surface area contributed by atoms with Gasteiger partial charge in [0.05, 0.1) is 6.54 Å². The van der Waals surface area contributed by atoms with E-state index in [0.717, 1.165) is 23.3 Å². The molecule has 0 radical (unpaired) electrons. The fourth-order valence-corrected chi connectivity index (χ4v) is 2.16. The van der Waals surface area contributed by atoms with Gasteiger partial charge in [0.1, 0.15) is 12.4 Å². The fourth-order valence-electron chi connectivity index (χ4n) is 2.16. The molecular formula is C21H22N2O2. The molecule has 0 aromatic heterocycles. The number of amides is 2. The Kier molecular flexibility index (Phi) is 7.67. The maximum atomic E-state index is 11.7. The molecule has 4 heteroatoms. The van der Waals surface area contributed by atoms with E-state index in [1.165, 1.54) is 0 Å². The number of carbonyl (C=O) groups is 1. The summed E-state index contributed by atoms with van der Waals surface area (Å²) in [5, 5.41) is 5.47. The van der Waals surface area contributed by atoms with E-state index in [1.54, 1.807) is 0 Å². The van der Waals surface area contributed by atoms with E-state index in [2.05, 4.69) is 29.1 Å². The minimum absolute atomic E-state index is 0.240. The van der Waals surface area contributed by atoms with Gasteiger partial charge in [0.25, 0.3) is 0 Å². The lowest BCUT2D eigenvalue weighted by molar-refractivity contribution is 0.241. The van der Waals surface area contributed by atoms with Gasteiger partial charge in [-0.2, -0.15) is 0 Å². The summed E-state index contributed by atoms with van der Waals surface area (Å²) in [6.07, 6.45) is 2.60. The SMILES string of the molecule is C=CCc1ccccc1OCC#CCNC(=O)NCc1ccccc1. The van der Waals surface area contributed by atoms with Crippen molar-refractivity contribution in [3.8, 4) is 17.6 Å². The van der Waals surface area contributed by atoms with E-state index in [1.807, 2.05) is 60.7 Å². The number of hydrogen-bond acceptors (Lipinski definition) is 2. The molecule has 0 aliphatic rings. The van der Waals surface area contributed by atoms with E-state index in [0.29, 0.717) is 6.54 Å². The molecule has 0 aliphatic heterocycles. The molecule has 0 bridgehead atoms. The van der Waals surface area contributed by atoms with E-state index >= 15 is 0 Å². The molecule has 2 amide bonds. The largest absolute Gasteiger partial charge is 0.481 e. The van der Waals surface area contributed by atoms with Crippen LogP contribution in [0.5, 0.6) is 5.75 Å². The van der Waals surface area contributed by atoms with Gasteiger partial charge in [0, 0.05) is 6.54 Å². The molecule has 0 fully saturated rings. The summed E-state index contributed by atoms with van der Waals surface area (Å²) in [5.41, 5.74) is 2.13. The van der Waals surface area contributed by atoms with Crippen LogP contribution in [0.15, 0.2) is 67.3 Å². The molecule has 0 saturated heterocycles. The number of allylic oxidation sites excluding steroid dienone is 1. The molecular weight excluding hydrogens is 312 g/mol. The molecule has 0 heterocycles. The standard InChI is InChI=1S/C21H22N2O2/c1-2-10-19-13-6-7-14-20(19)25-16-9-8-15-22-21(24)23-17-18-11-4-3-5-12-18/h2-7,11-14H,1,10,15-17H2,(H2,22,23,24). The zero-order chi connectivity index (χ0) is 17.7. The Hall–Kier alpha value is -3.19. The molecule has 4 nitrogen and oxygen atoms in total. The van der Waals surface area contributed by atoms with Crippen LogP contribution in [0.2, 0.25) is 0 Å². The number of nitrogens with one attached hydrogen (secondary N) is 2. The predicted octanol–water partition coefficient (Wildman–Crippen LogP) is 3.30. The Morgan fingerprint density at radius 1 is 1.04 bits per heavy atom. The molecule has 2 aromatic carbocycles. The third kappa shape index (κ3) is 6.84. The minimum Gasteiger partial charge on any atom is -0.481 e. The second kappa shape index (κ2) is 10.6. The molecule has 128 valence electrons. The highest BCUT2D eigenvalue weighted by atomic mass is 16.5. The van der Waals surface area contributed by atoms with Crippen molar-refractivity contribution in [2.45, 2.75) is 13.0 Å². The van der Waals surface area contributed by atoms with Gasteiger partial charge >= 0.3 is 6.03 Å². The summed E-state index contributed by atoms with van der Waals surface area (Å²) in [5.74, 6) is 6.57. The molecule has 2 N–H and O–H groups in total. The first-order valence-electron chi connectivity index (χ1n) is 8.12. The number of para-hydroxylation sites is 1. The Bertz CT molecular complexity index is 745. The van der Waals surface area contributed by atoms with Gasteiger partial charge in [-0.25, -0.2) is 4.79 Å². The summed E-state index contributed by atoms with van der Waals surface area (Å²) in [7, 11) is 0. The van der Waals surface area contributed by atoms with E-state index in [4.69, 9.17) is 4.74 Å². The van der Waals surface area contributed by atoms with Crippen LogP contribution in [0.25, 0.3) is 0 Å². The van der Waals surface area contributed by atoms with Gasteiger partial charge < -0.3 is 15.4 Å². The maximum absolute atomic E-state index is 11.7. The molecule has 25 heavy (non-hydrogen) atoms. The average molecular weight is 334 g/mol. The fraction of sp³-hybridized carbons (Fsp3) is 0.190. The van der Waals surface area contributed by atoms with E-state index < -0.39 is 0 Å². The van der Waals surface area contributed by atoms with Crippen LogP contribution in [-0.4, -0.2) is 19.2 Å². The topological polar surface area (TPSA) is 50.4 Å². The Morgan fingerprint density at radius 3 is 2.60 bits per heavy atom. The van der Waals surface area contributed by atoms with Crippen molar-refractivity contribution in [2.75, 3.05) is 13.2 Å². The van der Waals surface area contributed by atoms with Crippen LogP contribution in [0.1, 0.15) is 11.1 Å². The molecule has 2 aromatic rings. The van der Waals surface area contributed by atoms with Crippen molar-refractivity contribution in [3.05, 3.63) is 78.4 Å². The predicted molar refractivity (Wildman–Crippen MR) is 100 cm³/mol. The van der Waals surface area contributed by atoms with Crippen LogP contribution >= 0.6 is 0 Å². The lowest BCUT2D eigenvalue weighted by Crippen LogP contribution is -2.35. The molecule has 0 atom stereocenters. The Labute approximate surface area is 148 Å². The van der Waals surface area contributed by atoms with Gasteiger partial charge in [-0.3, -0.25) is 0 Å². The van der Waals surface area contributed by atoms with Crippen molar-refractivity contribution >= 4 is 6.03 Å². The molecule has 0 spiro atoms. The highest BCUT2D eigenvalue weighted by Crippen LogP contribution is 2.18. The van der Waals surface area contributed by atoms with Crippen LogP contribution < -0.4 is 15.4 Å². The van der Waals surface area contributed by atoms with Crippen LogP contribution in [-0.2, 0) is 13.0 Å². The number of urea groups is 1. The third-order valence-electron chi connectivity index (χ3n) is 3.39. The van der Waals surface area contributed by atoms with Gasteiger partial charge in [-0.15, -0.1) is 6.58 Å². The lowest BCUT2D eigenvalue weighted by Gasteiger charge is -2.07. The van der Waals surface area contributed by atoms with Crippen LogP contribution in [0.3, 0.4) is 0 Å². The second-order valence-electron chi connectivity index (χ2n) is 5.26. The van der Waals surface area contributed by atoms with Crippen LogP contribution in [0.4, 0.5) is 4.79 Å². The molecule has 0 unspecified atom stereocenters. The number of rotatable bonds is 7. The summed E-state index contributed by atoms with van der Waals surface area (Å²) in [4.78, 5) is 11.7. The smallest absolute Gasteiger partial charge is 0.315 e. The van der Waals surface area contributed by atoms with E-state index in [-0.39, 0.29) is 19.2 Å². The van der Waals surface area contributed by atoms with Crippen molar-refractivity contribution in [3.63, 3.8) is 0 Å². The van der Waals surface area contributed by atoms with Crippen molar-refractivity contribution < 1.29 is 9.53 Å². The second-order valence-corrected chi connectivity index (χ2v) is 5.26. The quantitative estimate of drug-likeness (QED) is 0.603. The normalized spacial score (nSPS) is 9.44. The van der Waals surface area contributed by atoms with Crippen molar-refractivity contribution in [1.29, 1.82) is 0 Å². The molecule has 2 rings (SSSR count). The number of carbonyl (C=O) groups excluding carboxylic acids is 1. The van der Waals surface area contributed by atoms with E-state index in [9.17, 15) is 4.79 Å². The van der Waals surface area contributed by atoms with Gasteiger partial charge in [0.2, 0.25) is 0 Å². The average Bonchev–Trinajstić information content (AvgIpc) is 2.65. The van der Waals surface area contributed by atoms with Gasteiger partial charge in [0.15, 0.2) is 0 Å². The van der Waals surface area contributed by atoms with Gasteiger partial charge in [-0.05, 0) is 23.6 Å². The number of hydrogen-bond donors (Lipinski definition) is 2. The minimum atomic E-state index is -0.240. The maximum Gasteiger partial charge on any atom is 0.315 e. The highest BCUT2D eigenvalue weighted by Gasteiger charge is 2.00. The van der Waals surface area contributed by atoms with Crippen LogP contribution in [0, 0.1) is 11.8 Å². The summed E-state index contributed by atoms with van der Waals surface area (Å²) in [6.45, 7) is 4.78. The number of ether oxygens (including phenoxy) is 1. The number of benzene rings is 2. The van der Waals surface area contributed by atoms with Crippen molar-refractivity contribution in [1.82, 2.24) is 10.6 Å². The third-order valence-corrected chi connectivity index (χ3v) is 3.39. The Morgan fingerprint density at radius 2 is 1.80 bits per heavy atom. The molecule has 0 aliphatic carbocycles. The summed E-state index contributed by atoms with van der Waals surface area (Å²) < 4.78 is 5.65. The van der Waals surface area contributed by atoms with Crippen molar-refractivity contribution in [2.24, 2.45) is 0 Å². The first-order valence-corrected chi connectivity index (χ1v) is 8.12. The first-order chi connectivity index (χ1) is 12.3. The monoisotopic (exact) mass is 334 g/mol. The van der Waals surface area contributed by atoms with Gasteiger partial charge in [-0.1, -0.05) is 66.4 Å². The zero-order valence-electron chi connectivity index (χ0n) is 14.1. The Balaban J connectivity index is 1.66.